The van der Waals surface area contributed by atoms with Gasteiger partial charge in [-0.1, -0.05) is 10.3 Å². The van der Waals surface area contributed by atoms with E-state index in [-0.39, 0.29) is 11.8 Å². The summed E-state index contributed by atoms with van der Waals surface area (Å²) in [4.78, 5) is 18.9. The Kier molecular flexibility index (Phi) is 4.58. The van der Waals surface area contributed by atoms with Crippen LogP contribution in [-0.2, 0) is 11.2 Å². The number of hydrogen-bond acceptors (Lipinski definition) is 7. The first kappa shape index (κ1) is 17.0. The van der Waals surface area contributed by atoms with Crippen molar-refractivity contribution in [3.05, 3.63) is 39.7 Å². The van der Waals surface area contributed by atoms with Crippen molar-refractivity contribution >= 4 is 17.2 Å². The quantitative estimate of drug-likeness (QED) is 0.683. The molecule has 8 heteroatoms. The predicted molar refractivity (Wildman–Crippen MR) is 95.8 cm³/mol. The lowest BCUT2D eigenvalue weighted by Gasteiger charge is -2.15. The van der Waals surface area contributed by atoms with Crippen molar-refractivity contribution in [1.82, 2.24) is 20.2 Å². The zero-order valence-corrected chi connectivity index (χ0v) is 15.6. The number of aryl methyl sites for hydroxylation is 2. The molecule has 1 atom stereocenters. The maximum absolute atomic E-state index is 12.5. The third-order valence-corrected chi connectivity index (χ3v) is 5.57. The fourth-order valence-electron chi connectivity index (χ4n) is 3.35. The summed E-state index contributed by atoms with van der Waals surface area (Å²) in [5.74, 6) is 2.31. The second-order valence-electron chi connectivity index (χ2n) is 6.60. The summed E-state index contributed by atoms with van der Waals surface area (Å²) in [5, 5.41) is 12.0. The molecule has 3 aromatic heterocycles. The van der Waals surface area contributed by atoms with Crippen molar-refractivity contribution in [3.63, 3.8) is 0 Å². The summed E-state index contributed by atoms with van der Waals surface area (Å²) in [7, 11) is 0. The summed E-state index contributed by atoms with van der Waals surface area (Å²) in [6.45, 7) is 5.16. The lowest BCUT2D eigenvalue weighted by Crippen LogP contribution is -2.28. The number of aromatic nitrogens is 3. The van der Waals surface area contributed by atoms with Crippen LogP contribution in [0.3, 0.4) is 0 Å². The van der Waals surface area contributed by atoms with Gasteiger partial charge in [0.1, 0.15) is 5.76 Å². The zero-order valence-electron chi connectivity index (χ0n) is 14.8. The van der Waals surface area contributed by atoms with E-state index in [1.165, 1.54) is 0 Å². The number of amides is 1. The summed E-state index contributed by atoms with van der Waals surface area (Å²) in [5.41, 5.74) is 2.84. The van der Waals surface area contributed by atoms with Gasteiger partial charge in [0.15, 0.2) is 5.82 Å². The van der Waals surface area contributed by atoms with Crippen LogP contribution in [0.5, 0.6) is 0 Å². The molecule has 0 radical (unpaired) electrons. The minimum atomic E-state index is 0.133. The Balaban J connectivity index is 1.35. The fourth-order valence-corrected chi connectivity index (χ4v) is 3.98. The number of nitrogens with zero attached hydrogens (tertiary/aromatic N) is 4. The molecular formula is C18H20N4O3S. The second kappa shape index (κ2) is 7.03. The standard InChI is InChI=1S/C18H20N4O3S/c1-11-15(12(2)24-20-11)3-4-16(23)22-7-5-13(9-22)17-19-18(25-21-17)14-6-8-26-10-14/h6,8,10,13H,3-5,7,9H2,1-2H3/t13-/m0/s1. The highest BCUT2D eigenvalue weighted by atomic mass is 32.1. The molecule has 3 aromatic rings. The molecule has 1 aliphatic rings. The third kappa shape index (κ3) is 3.29. The Bertz CT molecular complexity index is 880. The van der Waals surface area contributed by atoms with Crippen LogP contribution in [0.15, 0.2) is 25.9 Å². The number of carbonyl (C=O) groups is 1. The average molecular weight is 372 g/mol. The molecule has 0 N–H and O–H groups in total. The normalized spacial score (nSPS) is 17.2. The van der Waals surface area contributed by atoms with Crippen LogP contribution in [0.1, 0.15) is 41.6 Å². The molecule has 4 heterocycles. The van der Waals surface area contributed by atoms with Crippen LogP contribution in [0.4, 0.5) is 0 Å². The van der Waals surface area contributed by atoms with Gasteiger partial charge in [-0.15, -0.1) is 0 Å². The number of hydrogen-bond donors (Lipinski definition) is 0. The first-order valence-electron chi connectivity index (χ1n) is 8.67. The van der Waals surface area contributed by atoms with Crippen LogP contribution >= 0.6 is 11.3 Å². The van der Waals surface area contributed by atoms with Gasteiger partial charge in [-0.2, -0.15) is 16.3 Å². The highest BCUT2D eigenvalue weighted by Gasteiger charge is 2.30. The van der Waals surface area contributed by atoms with Crippen molar-refractivity contribution in [1.29, 1.82) is 0 Å². The zero-order chi connectivity index (χ0) is 18.1. The molecule has 0 unspecified atom stereocenters. The van der Waals surface area contributed by atoms with Crippen LogP contribution in [-0.4, -0.2) is 39.2 Å². The molecule has 1 amide bonds. The van der Waals surface area contributed by atoms with Crippen LogP contribution in [0.2, 0.25) is 0 Å². The molecule has 1 aliphatic heterocycles. The van der Waals surface area contributed by atoms with Crippen molar-refractivity contribution in [2.45, 2.75) is 39.0 Å². The molecule has 26 heavy (non-hydrogen) atoms. The van der Waals surface area contributed by atoms with E-state index in [1.807, 2.05) is 35.6 Å². The highest BCUT2D eigenvalue weighted by molar-refractivity contribution is 7.08. The Morgan fingerprint density at radius 1 is 1.35 bits per heavy atom. The van der Waals surface area contributed by atoms with Gasteiger partial charge in [0.2, 0.25) is 5.91 Å². The van der Waals surface area contributed by atoms with E-state index < -0.39 is 0 Å². The first-order chi connectivity index (χ1) is 12.6. The van der Waals surface area contributed by atoms with Gasteiger partial charge in [0.25, 0.3) is 5.89 Å². The summed E-state index contributed by atoms with van der Waals surface area (Å²) >= 11 is 1.59. The van der Waals surface area contributed by atoms with E-state index >= 15 is 0 Å². The molecule has 1 fully saturated rings. The number of thiophene rings is 1. The summed E-state index contributed by atoms with van der Waals surface area (Å²) < 4.78 is 10.5. The third-order valence-electron chi connectivity index (χ3n) is 4.89. The van der Waals surface area contributed by atoms with Crippen LogP contribution < -0.4 is 0 Å². The Labute approximate surface area is 155 Å². The molecule has 0 spiro atoms. The number of carbonyl (C=O) groups excluding carboxylic acids is 1. The van der Waals surface area contributed by atoms with Crippen LogP contribution in [0, 0.1) is 13.8 Å². The van der Waals surface area contributed by atoms with E-state index in [9.17, 15) is 4.79 Å². The molecule has 1 saturated heterocycles. The second-order valence-corrected chi connectivity index (χ2v) is 7.38. The molecule has 0 bridgehead atoms. The van der Waals surface area contributed by atoms with E-state index in [2.05, 4.69) is 15.3 Å². The molecular weight excluding hydrogens is 352 g/mol. The molecule has 4 rings (SSSR count). The maximum Gasteiger partial charge on any atom is 0.258 e. The Morgan fingerprint density at radius 3 is 2.96 bits per heavy atom. The molecule has 0 aromatic carbocycles. The average Bonchev–Trinajstić information content (AvgIpc) is 3.41. The first-order valence-corrected chi connectivity index (χ1v) is 9.62. The maximum atomic E-state index is 12.5. The summed E-state index contributed by atoms with van der Waals surface area (Å²) in [6.07, 6.45) is 1.98. The molecule has 0 aliphatic carbocycles. The van der Waals surface area contributed by atoms with Gasteiger partial charge < -0.3 is 13.9 Å². The lowest BCUT2D eigenvalue weighted by molar-refractivity contribution is -0.130. The topological polar surface area (TPSA) is 85.3 Å². The largest absolute Gasteiger partial charge is 0.361 e. The van der Waals surface area contributed by atoms with Crippen molar-refractivity contribution in [2.24, 2.45) is 0 Å². The molecule has 7 nitrogen and oxygen atoms in total. The Morgan fingerprint density at radius 2 is 2.23 bits per heavy atom. The monoisotopic (exact) mass is 372 g/mol. The predicted octanol–water partition coefficient (Wildman–Crippen LogP) is 3.35. The van der Waals surface area contributed by atoms with Gasteiger partial charge >= 0.3 is 0 Å². The van der Waals surface area contributed by atoms with E-state index in [4.69, 9.17) is 9.05 Å². The van der Waals surface area contributed by atoms with Gasteiger partial charge in [-0.25, -0.2) is 0 Å². The van der Waals surface area contributed by atoms with Crippen molar-refractivity contribution < 1.29 is 13.8 Å². The van der Waals surface area contributed by atoms with Gasteiger partial charge in [-0.05, 0) is 38.1 Å². The Hall–Kier alpha value is -2.48. The minimum Gasteiger partial charge on any atom is -0.361 e. The van der Waals surface area contributed by atoms with Gasteiger partial charge in [-0.3, -0.25) is 4.79 Å². The van der Waals surface area contributed by atoms with Gasteiger partial charge in [0, 0.05) is 36.4 Å². The lowest BCUT2D eigenvalue weighted by atomic mass is 10.1. The SMILES string of the molecule is Cc1noc(C)c1CCC(=O)N1CC[C@H](c2noc(-c3ccsc3)n2)C1. The summed E-state index contributed by atoms with van der Waals surface area (Å²) in [6, 6.07) is 1.96. The van der Waals surface area contributed by atoms with Crippen molar-refractivity contribution in [2.75, 3.05) is 13.1 Å². The number of likely N-dealkylation sites (tertiary alicyclic amines) is 1. The van der Waals surface area contributed by atoms with E-state index in [1.54, 1.807) is 11.3 Å². The molecule has 0 saturated carbocycles. The van der Waals surface area contributed by atoms with E-state index in [0.29, 0.717) is 31.1 Å². The van der Waals surface area contributed by atoms with Crippen molar-refractivity contribution in [3.8, 4) is 11.5 Å². The highest BCUT2D eigenvalue weighted by Crippen LogP contribution is 2.28. The fraction of sp³-hybridized carbons (Fsp3) is 0.444. The minimum absolute atomic E-state index is 0.133. The smallest absolute Gasteiger partial charge is 0.258 e. The molecule has 136 valence electrons. The van der Waals surface area contributed by atoms with Gasteiger partial charge in [0.05, 0.1) is 11.3 Å². The van der Waals surface area contributed by atoms with Crippen LogP contribution in [0.25, 0.3) is 11.5 Å². The van der Waals surface area contributed by atoms with E-state index in [0.717, 1.165) is 35.5 Å². The number of rotatable bonds is 5.